The second-order valence-corrected chi connectivity index (χ2v) is 10.5. The van der Waals surface area contributed by atoms with E-state index in [1.807, 2.05) is 6.92 Å². The van der Waals surface area contributed by atoms with Crippen LogP contribution in [0.15, 0.2) is 60.8 Å². The number of carbonyl (C=O) groups is 3. The lowest BCUT2D eigenvalue weighted by atomic mass is 9.78. The highest BCUT2D eigenvalue weighted by Gasteiger charge is 2.32. The number of halogens is 4. The van der Waals surface area contributed by atoms with Gasteiger partial charge in [-0.15, -0.1) is 0 Å². The van der Waals surface area contributed by atoms with E-state index in [2.05, 4.69) is 4.98 Å². The standard InChI is InChI=1S/C33H35F4NO6/c1-5-24(18-22-6-10-25(11-7-22)33(35,36)37)27(19-23-8-12-26(34)13-9-23)20(2)43-30(41)15-14-28(40)31-32(44-21(3)39)29(42-4)16-17-38-31/h6-13,16-17,20,24,27H,5,14-15,18-19H2,1-4H3/t20-,24+,27-/m0/s1. The Balaban J connectivity index is 1.75. The summed E-state index contributed by atoms with van der Waals surface area (Å²) in [6, 6.07) is 12.4. The van der Waals surface area contributed by atoms with Crippen LogP contribution in [0.1, 0.15) is 67.2 Å². The van der Waals surface area contributed by atoms with E-state index >= 15 is 0 Å². The zero-order valence-corrected chi connectivity index (χ0v) is 24.9. The molecule has 0 bridgehead atoms. The SMILES string of the molecule is CC[C@H](Cc1ccc(C(F)(F)F)cc1)[C@@H](Cc1ccc(F)cc1)[C@H](C)OC(=O)CCC(=O)c1nccc(OC)c1OC(C)=O. The molecule has 0 spiro atoms. The number of nitrogens with zero attached hydrogens (tertiary/aromatic N) is 1. The monoisotopic (exact) mass is 617 g/mol. The summed E-state index contributed by atoms with van der Waals surface area (Å²) in [5.41, 5.74) is 0.616. The molecule has 0 aliphatic heterocycles. The lowest BCUT2D eigenvalue weighted by molar-refractivity contribution is -0.152. The molecule has 7 nitrogen and oxygen atoms in total. The molecule has 0 aliphatic rings. The Labute approximate surface area is 253 Å². The van der Waals surface area contributed by atoms with Gasteiger partial charge in [-0.2, -0.15) is 13.2 Å². The molecule has 3 atom stereocenters. The number of esters is 2. The second-order valence-electron chi connectivity index (χ2n) is 10.5. The average molecular weight is 618 g/mol. The zero-order valence-electron chi connectivity index (χ0n) is 24.9. The lowest BCUT2D eigenvalue weighted by Gasteiger charge is -2.31. The third-order valence-electron chi connectivity index (χ3n) is 7.37. The molecule has 3 aromatic rings. The average Bonchev–Trinajstić information content (AvgIpc) is 2.98. The van der Waals surface area contributed by atoms with E-state index in [-0.39, 0.29) is 41.9 Å². The maximum atomic E-state index is 13.6. The van der Waals surface area contributed by atoms with Crippen LogP contribution in [0.3, 0.4) is 0 Å². The number of hydrogen-bond donors (Lipinski definition) is 0. The van der Waals surface area contributed by atoms with Crippen molar-refractivity contribution in [1.29, 1.82) is 0 Å². The first kappa shape index (κ1) is 34.2. The van der Waals surface area contributed by atoms with Crippen LogP contribution < -0.4 is 9.47 Å². The Bertz CT molecular complexity index is 1420. The highest BCUT2D eigenvalue weighted by atomic mass is 19.4. The van der Waals surface area contributed by atoms with Crippen LogP contribution in [0, 0.1) is 17.7 Å². The van der Waals surface area contributed by atoms with Crippen LogP contribution >= 0.6 is 0 Å². The summed E-state index contributed by atoms with van der Waals surface area (Å²) in [4.78, 5) is 41.4. The van der Waals surface area contributed by atoms with Crippen molar-refractivity contribution in [2.45, 2.75) is 65.2 Å². The number of Topliss-reactive ketones (excluding diaryl/α,β-unsaturated/α-hetero) is 1. The minimum atomic E-state index is -4.44. The minimum absolute atomic E-state index is 0.103. The number of alkyl halides is 3. The summed E-state index contributed by atoms with van der Waals surface area (Å²) in [6.45, 7) is 4.84. The second kappa shape index (κ2) is 15.4. The molecule has 44 heavy (non-hydrogen) atoms. The molecule has 0 aliphatic carbocycles. The Kier molecular flexibility index (Phi) is 12.0. The van der Waals surface area contributed by atoms with Crippen LogP contribution in [-0.4, -0.2) is 35.9 Å². The number of methoxy groups -OCH3 is 1. The normalized spacial score (nSPS) is 13.5. The van der Waals surface area contributed by atoms with Crippen molar-refractivity contribution in [2.75, 3.05) is 7.11 Å². The van der Waals surface area contributed by atoms with Crippen LogP contribution in [0.25, 0.3) is 0 Å². The molecule has 2 aromatic carbocycles. The van der Waals surface area contributed by atoms with E-state index in [0.717, 1.165) is 17.7 Å². The highest BCUT2D eigenvalue weighted by Crippen LogP contribution is 2.33. The van der Waals surface area contributed by atoms with E-state index < -0.39 is 41.4 Å². The van der Waals surface area contributed by atoms with Gasteiger partial charge < -0.3 is 14.2 Å². The van der Waals surface area contributed by atoms with Gasteiger partial charge in [0.05, 0.1) is 19.1 Å². The van der Waals surface area contributed by atoms with Crippen LogP contribution in [0.4, 0.5) is 17.6 Å². The molecule has 11 heteroatoms. The maximum Gasteiger partial charge on any atom is 0.416 e. The van der Waals surface area contributed by atoms with Gasteiger partial charge in [0, 0.05) is 31.5 Å². The molecule has 0 amide bonds. The summed E-state index contributed by atoms with van der Waals surface area (Å²) >= 11 is 0. The predicted molar refractivity (Wildman–Crippen MR) is 154 cm³/mol. The summed E-state index contributed by atoms with van der Waals surface area (Å²) in [6.07, 6.45) is -2.83. The van der Waals surface area contributed by atoms with Crippen molar-refractivity contribution >= 4 is 17.7 Å². The number of pyridine rings is 1. The first-order valence-electron chi connectivity index (χ1n) is 14.2. The van der Waals surface area contributed by atoms with Crippen LogP contribution in [0.5, 0.6) is 11.5 Å². The summed E-state index contributed by atoms with van der Waals surface area (Å²) in [5, 5.41) is 0. The van der Waals surface area contributed by atoms with Crippen molar-refractivity contribution in [3.63, 3.8) is 0 Å². The number of ether oxygens (including phenoxy) is 3. The van der Waals surface area contributed by atoms with Gasteiger partial charge >= 0.3 is 18.1 Å². The Morgan fingerprint density at radius 1 is 0.909 bits per heavy atom. The van der Waals surface area contributed by atoms with Gasteiger partial charge in [0.2, 0.25) is 5.75 Å². The molecule has 0 fully saturated rings. The molecule has 3 rings (SSSR count). The summed E-state index contributed by atoms with van der Waals surface area (Å²) < 4.78 is 68.8. The van der Waals surface area contributed by atoms with Crippen LogP contribution in [0.2, 0.25) is 0 Å². The molecule has 1 aromatic heterocycles. The first-order valence-corrected chi connectivity index (χ1v) is 14.2. The van der Waals surface area contributed by atoms with Gasteiger partial charge in [-0.3, -0.25) is 14.4 Å². The minimum Gasteiger partial charge on any atom is -0.493 e. The number of aromatic nitrogens is 1. The quantitative estimate of drug-likeness (QED) is 0.107. The van der Waals surface area contributed by atoms with E-state index in [1.54, 1.807) is 19.1 Å². The predicted octanol–water partition coefficient (Wildman–Crippen LogP) is 7.20. The topological polar surface area (TPSA) is 91.8 Å². The largest absolute Gasteiger partial charge is 0.493 e. The molecule has 0 N–H and O–H groups in total. The third-order valence-corrected chi connectivity index (χ3v) is 7.37. The van der Waals surface area contributed by atoms with Gasteiger partial charge in [-0.25, -0.2) is 9.37 Å². The van der Waals surface area contributed by atoms with Gasteiger partial charge in [-0.05, 0) is 61.1 Å². The molecule has 0 unspecified atom stereocenters. The fraction of sp³-hybridized carbons (Fsp3) is 0.394. The molecular formula is C33H35F4NO6. The number of benzene rings is 2. The molecule has 0 radical (unpaired) electrons. The molecule has 236 valence electrons. The smallest absolute Gasteiger partial charge is 0.416 e. The van der Waals surface area contributed by atoms with Crippen molar-refractivity contribution in [3.05, 3.63) is 89.0 Å². The Morgan fingerprint density at radius 2 is 1.52 bits per heavy atom. The third kappa shape index (κ3) is 9.62. The molecule has 0 saturated carbocycles. The first-order chi connectivity index (χ1) is 20.8. The number of ketones is 1. The number of rotatable bonds is 14. The van der Waals surface area contributed by atoms with Crippen molar-refractivity contribution < 1.29 is 46.2 Å². The van der Waals surface area contributed by atoms with E-state index in [0.29, 0.717) is 24.8 Å². The van der Waals surface area contributed by atoms with E-state index in [9.17, 15) is 31.9 Å². The molecule has 1 heterocycles. The van der Waals surface area contributed by atoms with Gasteiger partial charge in [0.25, 0.3) is 0 Å². The highest BCUT2D eigenvalue weighted by molar-refractivity contribution is 5.99. The lowest BCUT2D eigenvalue weighted by Crippen LogP contribution is -2.33. The van der Waals surface area contributed by atoms with Crippen molar-refractivity contribution in [2.24, 2.45) is 11.8 Å². The van der Waals surface area contributed by atoms with E-state index in [4.69, 9.17) is 14.2 Å². The van der Waals surface area contributed by atoms with E-state index in [1.165, 1.54) is 50.6 Å². The van der Waals surface area contributed by atoms with Gasteiger partial charge in [0.15, 0.2) is 17.2 Å². The summed E-state index contributed by atoms with van der Waals surface area (Å²) in [5.74, 6) is -2.64. The Hall–Kier alpha value is -4.28. The van der Waals surface area contributed by atoms with Crippen molar-refractivity contribution in [1.82, 2.24) is 4.98 Å². The summed E-state index contributed by atoms with van der Waals surface area (Å²) in [7, 11) is 1.35. The van der Waals surface area contributed by atoms with Gasteiger partial charge in [-0.1, -0.05) is 37.6 Å². The van der Waals surface area contributed by atoms with Gasteiger partial charge in [0.1, 0.15) is 11.9 Å². The number of hydrogen-bond acceptors (Lipinski definition) is 7. The molecule has 0 saturated heterocycles. The zero-order chi connectivity index (χ0) is 32.4. The maximum absolute atomic E-state index is 13.6. The Morgan fingerprint density at radius 3 is 2.09 bits per heavy atom. The fourth-order valence-electron chi connectivity index (χ4n) is 5.06. The molecular weight excluding hydrogens is 582 g/mol. The fourth-order valence-corrected chi connectivity index (χ4v) is 5.06. The van der Waals surface area contributed by atoms with Crippen LogP contribution in [-0.2, 0) is 33.3 Å². The number of carbonyl (C=O) groups excluding carboxylic acids is 3. The van der Waals surface area contributed by atoms with Crippen molar-refractivity contribution in [3.8, 4) is 11.5 Å².